The molecule has 82 valence electrons. The van der Waals surface area contributed by atoms with Crippen molar-refractivity contribution >= 4 is 5.65 Å². The van der Waals surface area contributed by atoms with Gasteiger partial charge in [0.25, 0.3) is 0 Å². The molecule has 0 saturated carbocycles. The lowest BCUT2D eigenvalue weighted by molar-refractivity contribution is 0.0786. The molecule has 0 fully saturated rings. The molecule has 3 heteroatoms. The molecule has 15 heavy (non-hydrogen) atoms. The molecule has 3 nitrogen and oxygen atoms in total. The molecule has 0 radical (unpaired) electrons. The Kier molecular flexibility index (Phi) is 3.48. The third kappa shape index (κ3) is 2.57. The minimum absolute atomic E-state index is 0.798. The summed E-state index contributed by atoms with van der Waals surface area (Å²) in [5.74, 6) is 0. The van der Waals surface area contributed by atoms with Crippen LogP contribution in [-0.4, -0.2) is 14.5 Å². The van der Waals surface area contributed by atoms with E-state index in [0.29, 0.717) is 0 Å². The Labute approximate surface area is 90.4 Å². The lowest BCUT2D eigenvalue weighted by Crippen LogP contribution is -2.15. The van der Waals surface area contributed by atoms with Gasteiger partial charge >= 0.3 is 0 Å². The van der Waals surface area contributed by atoms with Gasteiger partial charge in [0.05, 0.1) is 5.60 Å². The summed E-state index contributed by atoms with van der Waals surface area (Å²) in [5.41, 5.74) is 0.944. The fraction of sp³-hybridized carbons (Fsp3) is 0.417. The first kappa shape index (κ1) is 11.7. The van der Waals surface area contributed by atoms with Crippen LogP contribution in [0, 0.1) is 0 Å². The maximum Gasteiger partial charge on any atom is 0.137 e. The van der Waals surface area contributed by atoms with E-state index in [0.717, 1.165) is 11.2 Å². The summed E-state index contributed by atoms with van der Waals surface area (Å²) in [6.45, 7) is 7.53. The number of hydrogen-bond donors (Lipinski definition) is 1. The minimum Gasteiger partial charge on any atom is -0.386 e. The van der Waals surface area contributed by atoms with E-state index in [2.05, 4.69) is 4.98 Å². The zero-order valence-electron chi connectivity index (χ0n) is 9.73. The van der Waals surface area contributed by atoms with Crippen LogP contribution in [0.5, 0.6) is 0 Å². The van der Waals surface area contributed by atoms with Crippen molar-refractivity contribution in [1.29, 1.82) is 0 Å². The molecular formula is C12H18N2O. The molecule has 0 aliphatic rings. The number of imidazole rings is 1. The number of rotatable bonds is 1. The van der Waals surface area contributed by atoms with Gasteiger partial charge in [0.15, 0.2) is 0 Å². The zero-order valence-corrected chi connectivity index (χ0v) is 9.73. The van der Waals surface area contributed by atoms with Crippen molar-refractivity contribution in [2.24, 2.45) is 0 Å². The average molecular weight is 206 g/mol. The Morgan fingerprint density at radius 3 is 2.53 bits per heavy atom. The van der Waals surface area contributed by atoms with E-state index >= 15 is 0 Å². The molecule has 1 N–H and O–H groups in total. The molecule has 2 aromatic heterocycles. The molecule has 0 amide bonds. The van der Waals surface area contributed by atoms with Gasteiger partial charge in [-0.15, -0.1) is 0 Å². The normalized spacial score (nSPS) is 11.0. The Bertz CT molecular complexity index is 426. The zero-order chi connectivity index (χ0) is 11.5. The van der Waals surface area contributed by atoms with Gasteiger partial charge < -0.3 is 9.51 Å². The third-order valence-corrected chi connectivity index (χ3v) is 2.10. The molecule has 0 bridgehead atoms. The minimum atomic E-state index is -0.798. The summed E-state index contributed by atoms with van der Waals surface area (Å²) in [6, 6.07) is 3.79. The Morgan fingerprint density at radius 1 is 1.27 bits per heavy atom. The summed E-state index contributed by atoms with van der Waals surface area (Å²) >= 11 is 0. The highest BCUT2D eigenvalue weighted by Crippen LogP contribution is 2.19. The van der Waals surface area contributed by atoms with E-state index < -0.39 is 5.60 Å². The van der Waals surface area contributed by atoms with Crippen molar-refractivity contribution in [2.45, 2.75) is 33.3 Å². The van der Waals surface area contributed by atoms with Crippen LogP contribution in [0.2, 0.25) is 0 Å². The van der Waals surface area contributed by atoms with Crippen LogP contribution in [0.15, 0.2) is 30.7 Å². The van der Waals surface area contributed by atoms with Crippen LogP contribution in [-0.2, 0) is 5.60 Å². The quantitative estimate of drug-likeness (QED) is 0.778. The second-order valence-corrected chi connectivity index (χ2v) is 3.67. The maximum atomic E-state index is 9.75. The highest BCUT2D eigenvalue weighted by atomic mass is 16.3. The molecule has 0 spiro atoms. The molecule has 0 aromatic carbocycles. The summed E-state index contributed by atoms with van der Waals surface area (Å²) in [4.78, 5) is 4.14. The van der Waals surface area contributed by atoms with Crippen molar-refractivity contribution < 1.29 is 5.11 Å². The summed E-state index contributed by atoms with van der Waals surface area (Å²) in [5, 5.41) is 9.75. The van der Waals surface area contributed by atoms with E-state index in [1.54, 1.807) is 20.0 Å². The highest BCUT2D eigenvalue weighted by molar-refractivity contribution is 5.42. The summed E-state index contributed by atoms with van der Waals surface area (Å²) in [6.07, 6.45) is 5.52. The van der Waals surface area contributed by atoms with Gasteiger partial charge in [0.2, 0.25) is 0 Å². The summed E-state index contributed by atoms with van der Waals surface area (Å²) < 4.78 is 1.91. The molecule has 0 unspecified atom stereocenters. The van der Waals surface area contributed by atoms with Crippen molar-refractivity contribution in [3.05, 3.63) is 36.3 Å². The van der Waals surface area contributed by atoms with Crippen molar-refractivity contribution in [3.63, 3.8) is 0 Å². The lowest BCUT2D eigenvalue weighted by atomic mass is 10.00. The van der Waals surface area contributed by atoms with Gasteiger partial charge in [-0.25, -0.2) is 4.98 Å². The topological polar surface area (TPSA) is 37.5 Å². The van der Waals surface area contributed by atoms with Gasteiger partial charge in [0.1, 0.15) is 5.65 Å². The monoisotopic (exact) mass is 206 g/mol. The van der Waals surface area contributed by atoms with Crippen LogP contribution in [0.4, 0.5) is 0 Å². The van der Waals surface area contributed by atoms with Gasteiger partial charge in [-0.2, -0.15) is 0 Å². The number of aliphatic hydroxyl groups is 1. The Hall–Kier alpha value is -1.35. The molecule has 2 heterocycles. The van der Waals surface area contributed by atoms with E-state index in [1.807, 2.05) is 42.8 Å². The SMILES string of the molecule is CC.CC(C)(O)c1ccn2ccnc2c1. The first-order chi connectivity index (χ1) is 7.07. The average Bonchev–Trinajstić information content (AvgIpc) is 2.66. The first-order valence-electron chi connectivity index (χ1n) is 5.23. The first-order valence-corrected chi connectivity index (χ1v) is 5.23. The number of fused-ring (bicyclic) bond motifs is 1. The van der Waals surface area contributed by atoms with E-state index in [1.165, 1.54) is 0 Å². The largest absolute Gasteiger partial charge is 0.386 e. The summed E-state index contributed by atoms with van der Waals surface area (Å²) in [7, 11) is 0. The standard InChI is InChI=1S/C10H12N2O.C2H6/c1-10(2,13)8-3-5-12-6-4-11-9(12)7-8;1-2/h3-7,13H,1-2H3;1-2H3. The van der Waals surface area contributed by atoms with E-state index in [4.69, 9.17) is 0 Å². The Balaban J connectivity index is 0.000000531. The number of nitrogens with zero attached hydrogens (tertiary/aromatic N) is 2. The van der Waals surface area contributed by atoms with E-state index in [9.17, 15) is 5.11 Å². The van der Waals surface area contributed by atoms with Crippen LogP contribution >= 0.6 is 0 Å². The fourth-order valence-electron chi connectivity index (χ4n) is 1.29. The molecule has 2 aromatic rings. The van der Waals surface area contributed by atoms with Crippen LogP contribution < -0.4 is 0 Å². The second kappa shape index (κ2) is 4.45. The number of hydrogen-bond acceptors (Lipinski definition) is 2. The van der Waals surface area contributed by atoms with Gasteiger partial charge in [0, 0.05) is 18.6 Å². The molecule has 2 rings (SSSR count). The van der Waals surface area contributed by atoms with Crippen LogP contribution in [0.3, 0.4) is 0 Å². The van der Waals surface area contributed by atoms with Crippen LogP contribution in [0.1, 0.15) is 33.3 Å². The predicted molar refractivity (Wildman–Crippen MR) is 61.8 cm³/mol. The molecule has 0 aliphatic heterocycles. The molecular weight excluding hydrogens is 188 g/mol. The van der Waals surface area contributed by atoms with Crippen molar-refractivity contribution in [2.75, 3.05) is 0 Å². The smallest absolute Gasteiger partial charge is 0.137 e. The highest BCUT2D eigenvalue weighted by Gasteiger charge is 2.15. The van der Waals surface area contributed by atoms with Crippen molar-refractivity contribution in [3.8, 4) is 0 Å². The number of aromatic nitrogens is 2. The lowest BCUT2D eigenvalue weighted by Gasteiger charge is -2.17. The van der Waals surface area contributed by atoms with E-state index in [-0.39, 0.29) is 0 Å². The van der Waals surface area contributed by atoms with Gasteiger partial charge in [-0.05, 0) is 31.5 Å². The molecule has 0 atom stereocenters. The number of pyridine rings is 1. The predicted octanol–water partition coefficient (Wildman–Crippen LogP) is 2.59. The molecule has 0 aliphatic carbocycles. The molecule has 0 saturated heterocycles. The third-order valence-electron chi connectivity index (χ3n) is 2.10. The maximum absolute atomic E-state index is 9.75. The van der Waals surface area contributed by atoms with Gasteiger partial charge in [-0.1, -0.05) is 13.8 Å². The fourth-order valence-corrected chi connectivity index (χ4v) is 1.29. The second-order valence-electron chi connectivity index (χ2n) is 3.67. The van der Waals surface area contributed by atoms with Gasteiger partial charge in [-0.3, -0.25) is 0 Å². The van der Waals surface area contributed by atoms with Crippen LogP contribution in [0.25, 0.3) is 5.65 Å². The van der Waals surface area contributed by atoms with Crippen molar-refractivity contribution in [1.82, 2.24) is 9.38 Å². The Morgan fingerprint density at radius 2 is 1.93 bits per heavy atom.